The van der Waals surface area contributed by atoms with Crippen LogP contribution in [0.4, 0.5) is 5.69 Å². The van der Waals surface area contributed by atoms with Gasteiger partial charge in [-0.1, -0.05) is 6.07 Å². The lowest BCUT2D eigenvalue weighted by atomic mass is 10.1. The molecule has 6 heteroatoms. The molecule has 1 aliphatic rings. The van der Waals surface area contributed by atoms with Crippen molar-refractivity contribution in [2.45, 2.75) is 17.7 Å². The van der Waals surface area contributed by atoms with E-state index in [0.717, 1.165) is 43.4 Å². The third-order valence-corrected chi connectivity index (χ3v) is 6.86. The summed E-state index contributed by atoms with van der Waals surface area (Å²) in [5.41, 5.74) is 2.58. The molecule has 0 radical (unpaired) electrons. The number of aromatic nitrogens is 1. The van der Waals surface area contributed by atoms with Crippen LogP contribution in [0.1, 0.15) is 12.8 Å². The lowest BCUT2D eigenvalue weighted by molar-refractivity contribution is 0.254. The van der Waals surface area contributed by atoms with Gasteiger partial charge in [-0.15, -0.1) is 11.8 Å². The molecular formula is C24H31N3O2S. The maximum atomic E-state index is 5.39. The number of anilines is 1. The second kappa shape index (κ2) is 10.1. The molecule has 2 aromatic carbocycles. The van der Waals surface area contributed by atoms with Gasteiger partial charge in [0.05, 0.1) is 14.2 Å². The molecular weight excluding hydrogens is 394 g/mol. The number of fused-ring (bicyclic) bond motifs is 1. The van der Waals surface area contributed by atoms with Crippen LogP contribution in [0.3, 0.4) is 0 Å². The number of hydrogen-bond acceptors (Lipinski definition) is 5. The van der Waals surface area contributed by atoms with E-state index in [1.165, 1.54) is 40.9 Å². The topological polar surface area (TPSA) is 40.7 Å². The Labute approximate surface area is 183 Å². The Balaban J connectivity index is 1.17. The second-order valence-electron chi connectivity index (χ2n) is 7.62. The van der Waals surface area contributed by atoms with Crippen LogP contribution in [0, 0.1) is 0 Å². The van der Waals surface area contributed by atoms with Gasteiger partial charge in [0.25, 0.3) is 0 Å². The van der Waals surface area contributed by atoms with Gasteiger partial charge in [0.2, 0.25) is 0 Å². The molecule has 1 N–H and O–H groups in total. The van der Waals surface area contributed by atoms with Crippen molar-refractivity contribution < 1.29 is 9.47 Å². The van der Waals surface area contributed by atoms with Crippen molar-refractivity contribution in [2.75, 3.05) is 57.6 Å². The van der Waals surface area contributed by atoms with E-state index in [9.17, 15) is 0 Å². The van der Waals surface area contributed by atoms with E-state index in [4.69, 9.17) is 9.47 Å². The smallest absolute Gasteiger partial charge is 0.161 e. The number of nitrogens with one attached hydrogen (secondary N) is 1. The molecule has 4 rings (SSSR count). The Morgan fingerprint density at radius 2 is 1.77 bits per heavy atom. The number of methoxy groups -OCH3 is 2. The molecule has 1 aromatic heterocycles. The van der Waals surface area contributed by atoms with Crippen molar-refractivity contribution in [1.29, 1.82) is 0 Å². The Hall–Kier alpha value is -2.31. The van der Waals surface area contributed by atoms with Crippen LogP contribution in [0.5, 0.6) is 11.5 Å². The first-order valence-electron chi connectivity index (χ1n) is 10.7. The van der Waals surface area contributed by atoms with E-state index >= 15 is 0 Å². The average Bonchev–Trinajstić information content (AvgIpc) is 3.28. The van der Waals surface area contributed by atoms with Gasteiger partial charge in [-0.25, -0.2) is 0 Å². The zero-order valence-corrected chi connectivity index (χ0v) is 18.7. The van der Waals surface area contributed by atoms with Crippen LogP contribution in [-0.2, 0) is 0 Å². The highest BCUT2D eigenvalue weighted by Gasteiger charge is 2.18. The van der Waals surface area contributed by atoms with Crippen LogP contribution in [-0.4, -0.2) is 62.6 Å². The fraction of sp³-hybridized carbons (Fsp3) is 0.417. The molecule has 0 aliphatic carbocycles. The second-order valence-corrected chi connectivity index (χ2v) is 8.79. The molecule has 5 nitrogen and oxygen atoms in total. The summed E-state index contributed by atoms with van der Waals surface area (Å²) in [5.74, 6) is 2.72. The highest BCUT2D eigenvalue weighted by Crippen LogP contribution is 2.32. The number of rotatable bonds is 9. The number of ether oxygens (including phenoxy) is 2. The maximum Gasteiger partial charge on any atom is 0.161 e. The normalized spacial score (nSPS) is 14.9. The molecule has 0 spiro atoms. The average molecular weight is 426 g/mol. The summed E-state index contributed by atoms with van der Waals surface area (Å²) in [6, 6.07) is 14.9. The van der Waals surface area contributed by atoms with Gasteiger partial charge < -0.3 is 19.4 Å². The number of thioether (sulfide) groups is 1. The van der Waals surface area contributed by atoms with Crippen LogP contribution < -0.4 is 14.4 Å². The number of piperazine rings is 1. The zero-order valence-electron chi connectivity index (χ0n) is 17.9. The molecule has 0 saturated carbocycles. The van der Waals surface area contributed by atoms with Gasteiger partial charge in [-0.3, -0.25) is 4.90 Å². The number of aromatic amines is 1. The van der Waals surface area contributed by atoms with Gasteiger partial charge >= 0.3 is 0 Å². The molecule has 1 fully saturated rings. The van der Waals surface area contributed by atoms with E-state index in [0.29, 0.717) is 0 Å². The predicted octanol–water partition coefficient (Wildman–Crippen LogP) is 4.88. The zero-order chi connectivity index (χ0) is 20.8. The first-order valence-corrected chi connectivity index (χ1v) is 11.7. The fourth-order valence-electron chi connectivity index (χ4n) is 4.09. The summed E-state index contributed by atoms with van der Waals surface area (Å²) < 4.78 is 10.7. The summed E-state index contributed by atoms with van der Waals surface area (Å²) in [7, 11) is 3.36. The van der Waals surface area contributed by atoms with E-state index in [1.54, 1.807) is 14.2 Å². The molecule has 2 heterocycles. The number of nitrogens with zero attached hydrogens (tertiary/aromatic N) is 2. The Morgan fingerprint density at radius 3 is 2.57 bits per heavy atom. The molecule has 3 aromatic rings. The van der Waals surface area contributed by atoms with E-state index in [2.05, 4.69) is 51.2 Å². The SMILES string of the molecule is COc1ccc(SCCCCN2CCN(c3cccc4[nH]ccc34)CC2)cc1OC. The van der Waals surface area contributed by atoms with E-state index < -0.39 is 0 Å². The van der Waals surface area contributed by atoms with Crippen molar-refractivity contribution in [2.24, 2.45) is 0 Å². The molecule has 0 atom stereocenters. The summed E-state index contributed by atoms with van der Waals surface area (Å²) >= 11 is 1.89. The van der Waals surface area contributed by atoms with Gasteiger partial charge in [0.1, 0.15) is 0 Å². The number of H-pyrrole nitrogens is 1. The van der Waals surface area contributed by atoms with E-state index in [1.807, 2.05) is 24.0 Å². The van der Waals surface area contributed by atoms with Crippen molar-refractivity contribution in [3.8, 4) is 11.5 Å². The lowest BCUT2D eigenvalue weighted by Crippen LogP contribution is -2.46. The highest BCUT2D eigenvalue weighted by atomic mass is 32.2. The van der Waals surface area contributed by atoms with Crippen molar-refractivity contribution in [3.05, 3.63) is 48.7 Å². The Morgan fingerprint density at radius 1 is 0.933 bits per heavy atom. The van der Waals surface area contributed by atoms with Gasteiger partial charge in [-0.2, -0.15) is 0 Å². The van der Waals surface area contributed by atoms with Gasteiger partial charge in [0.15, 0.2) is 11.5 Å². The predicted molar refractivity (Wildman–Crippen MR) is 126 cm³/mol. The third kappa shape index (κ3) is 4.87. The number of benzene rings is 2. The molecule has 0 bridgehead atoms. The quantitative estimate of drug-likeness (QED) is 0.391. The Bertz CT molecular complexity index is 951. The minimum Gasteiger partial charge on any atom is -0.493 e. The molecule has 1 aliphatic heterocycles. The lowest BCUT2D eigenvalue weighted by Gasteiger charge is -2.36. The highest BCUT2D eigenvalue weighted by molar-refractivity contribution is 7.99. The van der Waals surface area contributed by atoms with Gasteiger partial charge in [-0.05, 0) is 61.5 Å². The molecule has 30 heavy (non-hydrogen) atoms. The number of hydrogen-bond donors (Lipinski definition) is 1. The van der Waals surface area contributed by atoms with Gasteiger partial charge in [0, 0.05) is 53.9 Å². The molecule has 0 amide bonds. The number of unbranched alkanes of at least 4 members (excludes halogenated alkanes) is 1. The Kier molecular flexibility index (Phi) is 7.07. The van der Waals surface area contributed by atoms with Crippen LogP contribution >= 0.6 is 11.8 Å². The fourth-order valence-corrected chi connectivity index (χ4v) is 5.03. The standard InChI is InChI=1S/C24H31N3O2S/c1-28-23-9-8-19(18-24(23)29-2)30-17-4-3-12-26-13-15-27(16-14-26)22-7-5-6-21-20(22)10-11-25-21/h5-11,18,25H,3-4,12-17H2,1-2H3. The third-order valence-electron chi connectivity index (χ3n) is 5.78. The molecule has 160 valence electrons. The largest absolute Gasteiger partial charge is 0.493 e. The van der Waals surface area contributed by atoms with E-state index in [-0.39, 0.29) is 0 Å². The monoisotopic (exact) mass is 425 g/mol. The van der Waals surface area contributed by atoms with Crippen LogP contribution in [0.25, 0.3) is 10.9 Å². The first kappa shape index (κ1) is 20.9. The molecule has 0 unspecified atom stereocenters. The van der Waals surface area contributed by atoms with Crippen LogP contribution in [0.2, 0.25) is 0 Å². The molecule has 1 saturated heterocycles. The summed E-state index contributed by atoms with van der Waals surface area (Å²) in [6.07, 6.45) is 4.50. The van der Waals surface area contributed by atoms with Crippen molar-refractivity contribution >= 4 is 28.4 Å². The first-order chi connectivity index (χ1) is 14.8. The minimum atomic E-state index is 0.786. The van der Waals surface area contributed by atoms with Crippen LogP contribution in [0.15, 0.2) is 53.6 Å². The minimum absolute atomic E-state index is 0.786. The summed E-state index contributed by atoms with van der Waals surface area (Å²) in [5, 5.41) is 1.33. The van der Waals surface area contributed by atoms with Crippen molar-refractivity contribution in [3.63, 3.8) is 0 Å². The maximum absolute atomic E-state index is 5.39. The summed E-state index contributed by atoms with van der Waals surface area (Å²) in [6.45, 7) is 5.68. The van der Waals surface area contributed by atoms with Crippen molar-refractivity contribution in [1.82, 2.24) is 9.88 Å². The summed E-state index contributed by atoms with van der Waals surface area (Å²) in [4.78, 5) is 9.69.